The predicted molar refractivity (Wildman–Crippen MR) is 101 cm³/mol. The first-order valence-electron chi connectivity index (χ1n) is 8.18. The van der Waals surface area contributed by atoms with Gasteiger partial charge in [0, 0.05) is 23.7 Å². The van der Waals surface area contributed by atoms with E-state index in [-0.39, 0.29) is 5.69 Å². The highest BCUT2D eigenvalue weighted by atomic mass is 16.6. The van der Waals surface area contributed by atoms with Gasteiger partial charge >= 0.3 is 0 Å². The molecule has 27 heavy (non-hydrogen) atoms. The van der Waals surface area contributed by atoms with Gasteiger partial charge in [0.2, 0.25) is 0 Å². The standard InChI is InChI=1S/C21H13N3O3/c22-14-15-4-3-5-18(12-15)27-21-7-2-1-6-19(21)23-11-10-16-8-9-17(24(25)26)13-20(16)23/h1-13H. The fraction of sp³-hybridized carbons (Fsp3) is 0. The van der Waals surface area contributed by atoms with Crippen molar-refractivity contribution in [1.82, 2.24) is 4.57 Å². The zero-order valence-corrected chi connectivity index (χ0v) is 14.1. The third-order valence-corrected chi connectivity index (χ3v) is 4.20. The number of hydrogen-bond acceptors (Lipinski definition) is 4. The van der Waals surface area contributed by atoms with Gasteiger partial charge in [-0.15, -0.1) is 0 Å². The van der Waals surface area contributed by atoms with Gasteiger partial charge in [-0.1, -0.05) is 18.2 Å². The minimum atomic E-state index is -0.410. The summed E-state index contributed by atoms with van der Waals surface area (Å²) in [5.74, 6) is 1.13. The fourth-order valence-corrected chi connectivity index (χ4v) is 2.94. The number of nitriles is 1. The average molecular weight is 355 g/mol. The monoisotopic (exact) mass is 355 g/mol. The quantitative estimate of drug-likeness (QED) is 0.372. The molecule has 0 atom stereocenters. The van der Waals surface area contributed by atoms with Gasteiger partial charge in [-0.2, -0.15) is 5.26 Å². The largest absolute Gasteiger partial charge is 0.455 e. The van der Waals surface area contributed by atoms with Gasteiger partial charge in [0.25, 0.3) is 5.69 Å². The Bertz CT molecular complexity index is 1200. The van der Waals surface area contributed by atoms with Crippen molar-refractivity contribution in [2.75, 3.05) is 0 Å². The van der Waals surface area contributed by atoms with Crippen molar-refractivity contribution in [1.29, 1.82) is 5.26 Å². The van der Waals surface area contributed by atoms with Crippen LogP contribution < -0.4 is 4.74 Å². The molecule has 6 heteroatoms. The van der Waals surface area contributed by atoms with Crippen LogP contribution in [0.3, 0.4) is 0 Å². The molecule has 6 nitrogen and oxygen atoms in total. The van der Waals surface area contributed by atoms with Crippen LogP contribution >= 0.6 is 0 Å². The van der Waals surface area contributed by atoms with Gasteiger partial charge in [-0.3, -0.25) is 10.1 Å². The van der Waals surface area contributed by atoms with E-state index in [0.29, 0.717) is 22.6 Å². The molecule has 0 spiro atoms. The van der Waals surface area contributed by atoms with Crippen LogP contribution in [0.15, 0.2) is 79.0 Å². The maximum atomic E-state index is 11.1. The predicted octanol–water partition coefficient (Wildman–Crippen LogP) is 5.20. The molecule has 0 saturated carbocycles. The molecule has 3 aromatic carbocycles. The van der Waals surface area contributed by atoms with Crippen LogP contribution in [0.5, 0.6) is 11.5 Å². The molecule has 1 aromatic heterocycles. The van der Waals surface area contributed by atoms with Crippen molar-refractivity contribution in [3.05, 3.63) is 94.7 Å². The summed E-state index contributed by atoms with van der Waals surface area (Å²) in [7, 11) is 0. The topological polar surface area (TPSA) is 81.1 Å². The molecule has 0 aliphatic carbocycles. The van der Waals surface area contributed by atoms with Gasteiger partial charge in [0.05, 0.1) is 27.8 Å². The number of nitro benzene ring substituents is 1. The number of fused-ring (bicyclic) bond motifs is 1. The van der Waals surface area contributed by atoms with Crippen molar-refractivity contribution < 1.29 is 9.66 Å². The van der Waals surface area contributed by atoms with E-state index in [1.54, 1.807) is 36.4 Å². The number of hydrogen-bond donors (Lipinski definition) is 0. The Morgan fingerprint density at radius 3 is 2.67 bits per heavy atom. The van der Waals surface area contributed by atoms with E-state index in [1.165, 1.54) is 6.07 Å². The van der Waals surface area contributed by atoms with Crippen LogP contribution in [0.1, 0.15) is 5.56 Å². The number of nitrogens with zero attached hydrogens (tertiary/aromatic N) is 3. The van der Waals surface area contributed by atoms with Crippen molar-refractivity contribution in [3.63, 3.8) is 0 Å². The summed E-state index contributed by atoms with van der Waals surface area (Å²) in [6.07, 6.45) is 1.85. The first kappa shape index (κ1) is 16.4. The van der Waals surface area contributed by atoms with Gasteiger partial charge < -0.3 is 9.30 Å². The van der Waals surface area contributed by atoms with Crippen LogP contribution in [0.4, 0.5) is 5.69 Å². The summed E-state index contributed by atoms with van der Waals surface area (Å²) >= 11 is 0. The maximum absolute atomic E-state index is 11.1. The molecule has 0 fully saturated rings. The van der Waals surface area contributed by atoms with E-state index >= 15 is 0 Å². The zero-order chi connectivity index (χ0) is 18.8. The molecule has 0 bridgehead atoms. The molecule has 0 aliphatic heterocycles. The van der Waals surface area contributed by atoms with Crippen LogP contribution in [0.2, 0.25) is 0 Å². The lowest BCUT2D eigenvalue weighted by atomic mass is 10.2. The molecule has 0 N–H and O–H groups in total. The Morgan fingerprint density at radius 2 is 1.85 bits per heavy atom. The number of rotatable bonds is 4. The molecule has 4 rings (SSSR count). The second-order valence-corrected chi connectivity index (χ2v) is 5.90. The van der Waals surface area contributed by atoms with E-state index in [1.807, 2.05) is 41.1 Å². The highest BCUT2D eigenvalue weighted by molar-refractivity contribution is 5.84. The van der Waals surface area contributed by atoms with Crippen molar-refractivity contribution in [3.8, 4) is 23.3 Å². The third-order valence-electron chi connectivity index (χ3n) is 4.20. The Morgan fingerprint density at radius 1 is 1.00 bits per heavy atom. The molecule has 0 unspecified atom stereocenters. The molecule has 4 aromatic rings. The van der Waals surface area contributed by atoms with Gasteiger partial charge in [0.1, 0.15) is 5.75 Å². The van der Waals surface area contributed by atoms with Crippen molar-refractivity contribution in [2.45, 2.75) is 0 Å². The highest BCUT2D eigenvalue weighted by Gasteiger charge is 2.13. The Kier molecular flexibility index (Phi) is 4.03. The second kappa shape index (κ2) is 6.65. The van der Waals surface area contributed by atoms with Gasteiger partial charge in [0.15, 0.2) is 5.75 Å². The van der Waals surface area contributed by atoms with Crippen LogP contribution in [0, 0.1) is 21.4 Å². The Hall–Kier alpha value is -4.11. The number of para-hydroxylation sites is 2. The van der Waals surface area contributed by atoms with E-state index in [4.69, 9.17) is 10.00 Å². The minimum Gasteiger partial charge on any atom is -0.455 e. The summed E-state index contributed by atoms with van der Waals surface area (Å²) in [6, 6.07) is 23.1. The van der Waals surface area contributed by atoms with E-state index in [0.717, 1.165) is 11.1 Å². The number of benzene rings is 3. The van der Waals surface area contributed by atoms with Crippen LogP contribution in [0.25, 0.3) is 16.6 Å². The average Bonchev–Trinajstić information content (AvgIpc) is 3.11. The lowest BCUT2D eigenvalue weighted by Gasteiger charge is -2.13. The summed E-state index contributed by atoms with van der Waals surface area (Å²) < 4.78 is 7.85. The number of non-ortho nitro benzene ring substituents is 1. The van der Waals surface area contributed by atoms with E-state index < -0.39 is 4.92 Å². The van der Waals surface area contributed by atoms with Gasteiger partial charge in [-0.05, 0) is 42.5 Å². The summed E-state index contributed by atoms with van der Waals surface area (Å²) in [4.78, 5) is 10.7. The van der Waals surface area contributed by atoms with Crippen LogP contribution in [-0.4, -0.2) is 9.49 Å². The lowest BCUT2D eigenvalue weighted by molar-refractivity contribution is -0.384. The maximum Gasteiger partial charge on any atom is 0.271 e. The molecule has 0 radical (unpaired) electrons. The SMILES string of the molecule is N#Cc1cccc(Oc2ccccc2-n2ccc3ccc([N+](=O)[O-])cc32)c1. The molecule has 0 amide bonds. The van der Waals surface area contributed by atoms with Gasteiger partial charge in [-0.25, -0.2) is 0 Å². The summed E-state index contributed by atoms with van der Waals surface area (Å²) in [5.41, 5.74) is 2.00. The summed E-state index contributed by atoms with van der Waals surface area (Å²) in [5, 5.41) is 21.1. The Labute approximate surface area is 154 Å². The molecule has 0 saturated heterocycles. The van der Waals surface area contributed by atoms with Crippen molar-refractivity contribution >= 4 is 16.6 Å². The molecule has 1 heterocycles. The first-order valence-corrected chi connectivity index (χ1v) is 8.18. The smallest absolute Gasteiger partial charge is 0.271 e. The number of aromatic nitrogens is 1. The van der Waals surface area contributed by atoms with E-state index in [9.17, 15) is 10.1 Å². The zero-order valence-electron chi connectivity index (χ0n) is 14.1. The van der Waals surface area contributed by atoms with Crippen LogP contribution in [-0.2, 0) is 0 Å². The van der Waals surface area contributed by atoms with E-state index in [2.05, 4.69) is 6.07 Å². The minimum absolute atomic E-state index is 0.0302. The lowest BCUT2D eigenvalue weighted by Crippen LogP contribution is -1.97. The second-order valence-electron chi connectivity index (χ2n) is 5.90. The normalized spacial score (nSPS) is 10.5. The highest BCUT2D eigenvalue weighted by Crippen LogP contribution is 2.32. The first-order chi connectivity index (χ1) is 13.2. The summed E-state index contributed by atoms with van der Waals surface area (Å²) in [6.45, 7) is 0. The molecule has 130 valence electrons. The molecule has 0 aliphatic rings. The number of nitro groups is 1. The Balaban J connectivity index is 1.81. The fourth-order valence-electron chi connectivity index (χ4n) is 2.94. The van der Waals surface area contributed by atoms with Crippen molar-refractivity contribution in [2.24, 2.45) is 0 Å². The number of ether oxygens (including phenoxy) is 1. The molecular formula is C21H13N3O3. The third kappa shape index (κ3) is 3.10. The molecular weight excluding hydrogens is 342 g/mol.